The maximum absolute atomic E-state index is 11.3. The van der Waals surface area contributed by atoms with Crippen LogP contribution in [0.1, 0.15) is 6.92 Å². The molecule has 1 rings (SSSR count). The van der Waals surface area contributed by atoms with Gasteiger partial charge >= 0.3 is 6.03 Å². The lowest BCUT2D eigenvalue weighted by Crippen LogP contribution is -2.34. The summed E-state index contributed by atoms with van der Waals surface area (Å²) < 4.78 is 0. The summed E-state index contributed by atoms with van der Waals surface area (Å²) in [7, 11) is 0. The smallest absolute Gasteiger partial charge is 0.319 e. The van der Waals surface area contributed by atoms with E-state index in [-0.39, 0.29) is 6.03 Å². The average molecular weight is 207 g/mol. The van der Waals surface area contributed by atoms with Crippen molar-refractivity contribution in [3.05, 3.63) is 30.3 Å². The lowest BCUT2D eigenvalue weighted by molar-refractivity contribution is 0.252. The number of hydrogen-bond acceptors (Lipinski definition) is 2. The summed E-state index contributed by atoms with van der Waals surface area (Å²) >= 11 is 0. The Morgan fingerprint density at radius 2 is 1.93 bits per heavy atom. The molecule has 0 aliphatic heterocycles. The van der Waals surface area contributed by atoms with Gasteiger partial charge in [0.05, 0.1) is 0 Å². The molecule has 0 saturated carbocycles. The van der Waals surface area contributed by atoms with Gasteiger partial charge < -0.3 is 16.0 Å². The minimum Gasteiger partial charge on any atom is -0.337 e. The van der Waals surface area contributed by atoms with Crippen LogP contribution in [-0.2, 0) is 0 Å². The first kappa shape index (κ1) is 11.5. The van der Waals surface area contributed by atoms with E-state index in [1.807, 2.05) is 37.3 Å². The summed E-state index contributed by atoms with van der Waals surface area (Å²) in [5.74, 6) is 0. The van der Waals surface area contributed by atoms with Crippen molar-refractivity contribution in [3.8, 4) is 0 Å². The first-order chi connectivity index (χ1) is 7.33. The van der Waals surface area contributed by atoms with Crippen LogP contribution in [0.25, 0.3) is 0 Å². The van der Waals surface area contributed by atoms with Gasteiger partial charge in [-0.1, -0.05) is 25.1 Å². The molecule has 0 bridgehead atoms. The second-order valence-electron chi connectivity index (χ2n) is 3.10. The molecule has 2 amide bonds. The molecule has 0 aliphatic carbocycles. The monoisotopic (exact) mass is 207 g/mol. The molecule has 0 aromatic heterocycles. The highest BCUT2D eigenvalue weighted by Crippen LogP contribution is 2.03. The van der Waals surface area contributed by atoms with Gasteiger partial charge in [-0.15, -0.1) is 0 Å². The Morgan fingerprint density at radius 3 is 2.60 bits per heavy atom. The Balaban J connectivity index is 2.19. The number of carbonyl (C=O) groups excluding carboxylic acids is 1. The predicted octanol–water partition coefficient (Wildman–Crippen LogP) is 1.42. The van der Waals surface area contributed by atoms with Crippen LogP contribution in [0.15, 0.2) is 30.3 Å². The number of benzene rings is 1. The number of rotatable bonds is 5. The molecule has 15 heavy (non-hydrogen) atoms. The summed E-state index contributed by atoms with van der Waals surface area (Å²) in [6, 6.07) is 9.21. The van der Waals surface area contributed by atoms with E-state index < -0.39 is 0 Å². The summed E-state index contributed by atoms with van der Waals surface area (Å²) in [5.41, 5.74) is 0.804. The lowest BCUT2D eigenvalue weighted by Gasteiger charge is -2.07. The summed E-state index contributed by atoms with van der Waals surface area (Å²) in [6.45, 7) is 4.37. The molecule has 1 aromatic rings. The highest BCUT2D eigenvalue weighted by molar-refractivity contribution is 5.89. The highest BCUT2D eigenvalue weighted by Gasteiger charge is 1.98. The second kappa shape index (κ2) is 6.84. The van der Waals surface area contributed by atoms with E-state index in [0.717, 1.165) is 18.8 Å². The molecule has 0 aliphatic rings. The van der Waals surface area contributed by atoms with E-state index in [0.29, 0.717) is 6.54 Å². The topological polar surface area (TPSA) is 53.2 Å². The van der Waals surface area contributed by atoms with E-state index >= 15 is 0 Å². The van der Waals surface area contributed by atoms with Crippen molar-refractivity contribution in [2.45, 2.75) is 6.92 Å². The molecular formula is C11H17N3O. The molecule has 0 fully saturated rings. The van der Waals surface area contributed by atoms with Gasteiger partial charge in [0.1, 0.15) is 0 Å². The average Bonchev–Trinajstić information content (AvgIpc) is 2.26. The Bertz CT molecular complexity index is 287. The van der Waals surface area contributed by atoms with Gasteiger partial charge in [-0.25, -0.2) is 4.79 Å². The van der Waals surface area contributed by atoms with Gasteiger partial charge in [-0.3, -0.25) is 0 Å². The van der Waals surface area contributed by atoms with Gasteiger partial charge in [-0.2, -0.15) is 0 Å². The zero-order chi connectivity index (χ0) is 10.9. The Labute approximate surface area is 90.1 Å². The largest absolute Gasteiger partial charge is 0.337 e. The first-order valence-electron chi connectivity index (χ1n) is 5.13. The first-order valence-corrected chi connectivity index (χ1v) is 5.13. The maximum atomic E-state index is 11.3. The number of hydrogen-bond donors (Lipinski definition) is 3. The fourth-order valence-corrected chi connectivity index (χ4v) is 1.14. The van der Waals surface area contributed by atoms with Crippen LogP contribution in [0.4, 0.5) is 10.5 Å². The van der Waals surface area contributed by atoms with Crippen molar-refractivity contribution in [3.63, 3.8) is 0 Å². The molecule has 0 unspecified atom stereocenters. The SMILES string of the molecule is CCNCCNC(=O)Nc1ccccc1. The third kappa shape index (κ3) is 5.02. The molecule has 0 radical (unpaired) electrons. The van der Waals surface area contributed by atoms with E-state index in [2.05, 4.69) is 16.0 Å². The van der Waals surface area contributed by atoms with Crippen molar-refractivity contribution in [1.29, 1.82) is 0 Å². The highest BCUT2D eigenvalue weighted by atomic mass is 16.2. The van der Waals surface area contributed by atoms with Crippen LogP contribution in [0.3, 0.4) is 0 Å². The molecule has 0 spiro atoms. The Kier molecular flexibility index (Phi) is 5.25. The van der Waals surface area contributed by atoms with Crippen LogP contribution in [0.5, 0.6) is 0 Å². The number of amides is 2. The van der Waals surface area contributed by atoms with Crippen molar-refractivity contribution in [2.24, 2.45) is 0 Å². The second-order valence-corrected chi connectivity index (χ2v) is 3.10. The molecular weight excluding hydrogens is 190 g/mol. The number of para-hydroxylation sites is 1. The Hall–Kier alpha value is -1.55. The van der Waals surface area contributed by atoms with Crippen molar-refractivity contribution >= 4 is 11.7 Å². The molecule has 0 atom stereocenters. The number of anilines is 1. The van der Waals surface area contributed by atoms with Crippen LogP contribution in [0, 0.1) is 0 Å². The van der Waals surface area contributed by atoms with Crippen molar-refractivity contribution in [2.75, 3.05) is 25.0 Å². The maximum Gasteiger partial charge on any atom is 0.319 e. The summed E-state index contributed by atoms with van der Waals surface area (Å²) in [4.78, 5) is 11.3. The van der Waals surface area contributed by atoms with Crippen LogP contribution >= 0.6 is 0 Å². The predicted molar refractivity (Wildman–Crippen MR) is 62.0 cm³/mol. The summed E-state index contributed by atoms with van der Waals surface area (Å²) in [5, 5.41) is 8.62. The standard InChI is InChI=1S/C11H17N3O/c1-2-12-8-9-13-11(15)14-10-6-4-3-5-7-10/h3-7,12H,2,8-9H2,1H3,(H2,13,14,15). The molecule has 82 valence electrons. The number of carbonyl (C=O) groups is 1. The van der Waals surface area contributed by atoms with E-state index in [1.54, 1.807) is 0 Å². The molecule has 4 heteroatoms. The van der Waals surface area contributed by atoms with E-state index in [1.165, 1.54) is 0 Å². The van der Waals surface area contributed by atoms with E-state index in [9.17, 15) is 4.79 Å². The molecule has 3 N–H and O–H groups in total. The van der Waals surface area contributed by atoms with Crippen molar-refractivity contribution < 1.29 is 4.79 Å². The van der Waals surface area contributed by atoms with Crippen LogP contribution < -0.4 is 16.0 Å². The van der Waals surface area contributed by atoms with Crippen LogP contribution in [-0.4, -0.2) is 25.7 Å². The minimum atomic E-state index is -0.167. The van der Waals surface area contributed by atoms with Crippen LogP contribution in [0.2, 0.25) is 0 Å². The fraction of sp³-hybridized carbons (Fsp3) is 0.364. The minimum absolute atomic E-state index is 0.167. The van der Waals surface area contributed by atoms with Gasteiger partial charge in [0.25, 0.3) is 0 Å². The number of urea groups is 1. The van der Waals surface area contributed by atoms with Gasteiger partial charge in [0.15, 0.2) is 0 Å². The lowest BCUT2D eigenvalue weighted by atomic mass is 10.3. The number of likely N-dealkylation sites (N-methyl/N-ethyl adjacent to an activating group) is 1. The third-order valence-electron chi connectivity index (χ3n) is 1.87. The van der Waals surface area contributed by atoms with Gasteiger partial charge in [0, 0.05) is 18.8 Å². The molecule has 0 heterocycles. The Morgan fingerprint density at radius 1 is 1.20 bits per heavy atom. The molecule has 4 nitrogen and oxygen atoms in total. The van der Waals surface area contributed by atoms with Gasteiger partial charge in [-0.05, 0) is 18.7 Å². The molecule has 1 aromatic carbocycles. The third-order valence-corrected chi connectivity index (χ3v) is 1.87. The van der Waals surface area contributed by atoms with Gasteiger partial charge in [0.2, 0.25) is 0 Å². The molecule has 0 saturated heterocycles. The van der Waals surface area contributed by atoms with E-state index in [4.69, 9.17) is 0 Å². The summed E-state index contributed by atoms with van der Waals surface area (Å²) in [6.07, 6.45) is 0. The zero-order valence-electron chi connectivity index (χ0n) is 8.92. The fourth-order valence-electron chi connectivity index (χ4n) is 1.14. The zero-order valence-corrected chi connectivity index (χ0v) is 8.92. The normalized spacial score (nSPS) is 9.67. The number of nitrogens with one attached hydrogen (secondary N) is 3. The quantitative estimate of drug-likeness (QED) is 0.639. The van der Waals surface area contributed by atoms with Crippen molar-refractivity contribution in [1.82, 2.24) is 10.6 Å².